The highest BCUT2D eigenvalue weighted by Gasteiger charge is 2.34. The lowest BCUT2D eigenvalue weighted by atomic mass is 10.1. The highest BCUT2D eigenvalue weighted by Crippen LogP contribution is 2.24. The van der Waals surface area contributed by atoms with Crippen LogP contribution >= 0.6 is 11.6 Å². The van der Waals surface area contributed by atoms with Crippen molar-refractivity contribution in [1.29, 1.82) is 0 Å². The fourth-order valence-corrected chi connectivity index (χ4v) is 3.76. The molecule has 1 unspecified atom stereocenters. The first kappa shape index (κ1) is 20.2. The predicted molar refractivity (Wildman–Crippen MR) is 110 cm³/mol. The van der Waals surface area contributed by atoms with Crippen LogP contribution in [-0.4, -0.2) is 38.0 Å². The van der Waals surface area contributed by atoms with E-state index < -0.39 is 5.92 Å². The fraction of sp³-hybridized carbons (Fsp3) is 0.333. The summed E-state index contributed by atoms with van der Waals surface area (Å²) in [5.41, 5.74) is 1.72. The maximum atomic E-state index is 12.6. The van der Waals surface area contributed by atoms with Crippen molar-refractivity contribution < 1.29 is 14.1 Å². The molecule has 1 aliphatic rings. The lowest BCUT2D eigenvalue weighted by molar-refractivity contribution is -0.129. The minimum absolute atomic E-state index is 0.0597. The summed E-state index contributed by atoms with van der Waals surface area (Å²) in [4.78, 5) is 30.9. The van der Waals surface area contributed by atoms with Crippen LogP contribution in [0.25, 0.3) is 11.5 Å². The number of aromatic nitrogens is 3. The molecule has 0 saturated carbocycles. The number of rotatable bonds is 7. The van der Waals surface area contributed by atoms with Gasteiger partial charge in [0.1, 0.15) is 0 Å². The Balaban J connectivity index is 1.33. The van der Waals surface area contributed by atoms with Gasteiger partial charge in [-0.3, -0.25) is 9.59 Å². The number of hydrogen-bond donors (Lipinski definition) is 1. The molecule has 1 aromatic carbocycles. The molecule has 2 amide bonds. The Kier molecular flexibility index (Phi) is 5.85. The van der Waals surface area contributed by atoms with E-state index >= 15 is 0 Å². The zero-order chi connectivity index (χ0) is 21.1. The number of carbonyl (C=O) groups excluding carboxylic acids is 2. The highest BCUT2D eigenvalue weighted by molar-refractivity contribution is 6.31. The van der Waals surface area contributed by atoms with Crippen molar-refractivity contribution in [1.82, 2.24) is 24.9 Å². The number of likely N-dealkylation sites (tertiary alicyclic amines) is 1. The van der Waals surface area contributed by atoms with E-state index in [9.17, 15) is 9.59 Å². The first-order chi connectivity index (χ1) is 14.5. The standard InChI is InChI=1S/C21H22ClN5O3/c1-2-26-9-5-8-17(26)20-24-18(30-25-20)11-23-21(29)15-10-19(28)27(13-15)12-14-6-3-4-7-16(14)22/h3-9,15H,2,10-13H2,1H3,(H,23,29). The van der Waals surface area contributed by atoms with Crippen LogP contribution in [0.5, 0.6) is 0 Å². The van der Waals surface area contributed by atoms with Gasteiger partial charge in [0.15, 0.2) is 0 Å². The van der Waals surface area contributed by atoms with Crippen LogP contribution in [0.15, 0.2) is 47.1 Å². The van der Waals surface area contributed by atoms with Crippen molar-refractivity contribution in [3.05, 3.63) is 59.1 Å². The van der Waals surface area contributed by atoms with Gasteiger partial charge in [-0.2, -0.15) is 4.98 Å². The molecule has 156 valence electrons. The first-order valence-corrected chi connectivity index (χ1v) is 10.2. The van der Waals surface area contributed by atoms with Gasteiger partial charge in [-0.15, -0.1) is 0 Å². The van der Waals surface area contributed by atoms with Gasteiger partial charge in [-0.05, 0) is 30.7 Å². The molecule has 1 fully saturated rings. The number of amides is 2. The zero-order valence-corrected chi connectivity index (χ0v) is 17.3. The molecule has 1 atom stereocenters. The smallest absolute Gasteiger partial charge is 0.246 e. The molecule has 0 radical (unpaired) electrons. The zero-order valence-electron chi connectivity index (χ0n) is 16.5. The maximum Gasteiger partial charge on any atom is 0.246 e. The third-order valence-electron chi connectivity index (χ3n) is 5.19. The van der Waals surface area contributed by atoms with E-state index in [2.05, 4.69) is 15.5 Å². The van der Waals surface area contributed by atoms with Crippen molar-refractivity contribution in [2.24, 2.45) is 5.92 Å². The average Bonchev–Trinajstić information content (AvgIpc) is 3.47. The van der Waals surface area contributed by atoms with Gasteiger partial charge in [0, 0.05) is 37.3 Å². The molecule has 0 aliphatic carbocycles. The SMILES string of the molecule is CCn1cccc1-c1noc(CNC(=O)C2CC(=O)N(Cc3ccccc3Cl)C2)n1. The van der Waals surface area contributed by atoms with E-state index in [0.717, 1.165) is 17.8 Å². The highest BCUT2D eigenvalue weighted by atomic mass is 35.5. The van der Waals surface area contributed by atoms with Crippen molar-refractivity contribution in [3.8, 4) is 11.5 Å². The molecule has 8 nitrogen and oxygen atoms in total. The number of nitrogens with one attached hydrogen (secondary N) is 1. The van der Waals surface area contributed by atoms with Crippen LogP contribution < -0.4 is 5.32 Å². The summed E-state index contributed by atoms with van der Waals surface area (Å²) in [6.07, 6.45) is 2.12. The van der Waals surface area contributed by atoms with E-state index in [1.807, 2.05) is 48.0 Å². The van der Waals surface area contributed by atoms with E-state index in [4.69, 9.17) is 16.1 Å². The molecule has 0 bridgehead atoms. The Morgan fingerprint density at radius 1 is 1.30 bits per heavy atom. The second-order valence-electron chi connectivity index (χ2n) is 7.18. The number of carbonyl (C=O) groups is 2. The Hall–Kier alpha value is -3.13. The van der Waals surface area contributed by atoms with E-state index in [1.165, 1.54) is 0 Å². The van der Waals surface area contributed by atoms with Crippen LogP contribution in [0.1, 0.15) is 24.8 Å². The van der Waals surface area contributed by atoms with Crippen molar-refractivity contribution in [2.45, 2.75) is 33.0 Å². The Morgan fingerprint density at radius 3 is 2.93 bits per heavy atom. The van der Waals surface area contributed by atoms with Crippen LogP contribution in [0, 0.1) is 5.92 Å². The van der Waals surface area contributed by atoms with Crippen LogP contribution in [0.3, 0.4) is 0 Å². The topological polar surface area (TPSA) is 93.3 Å². The van der Waals surface area contributed by atoms with Crippen molar-refractivity contribution in [2.75, 3.05) is 6.54 Å². The molecule has 2 aromatic heterocycles. The van der Waals surface area contributed by atoms with Crippen LogP contribution in [0.2, 0.25) is 5.02 Å². The molecule has 0 spiro atoms. The molecule has 3 aromatic rings. The number of hydrogen-bond acceptors (Lipinski definition) is 5. The summed E-state index contributed by atoms with van der Waals surface area (Å²) < 4.78 is 7.26. The van der Waals surface area contributed by atoms with Crippen molar-refractivity contribution >= 4 is 23.4 Å². The molecule has 1 N–H and O–H groups in total. The second-order valence-corrected chi connectivity index (χ2v) is 7.58. The van der Waals surface area contributed by atoms with Gasteiger partial charge >= 0.3 is 0 Å². The number of aryl methyl sites for hydroxylation is 1. The van der Waals surface area contributed by atoms with E-state index in [0.29, 0.717) is 29.8 Å². The van der Waals surface area contributed by atoms with Gasteiger partial charge in [0.25, 0.3) is 0 Å². The Labute approximate surface area is 178 Å². The third kappa shape index (κ3) is 4.23. The maximum absolute atomic E-state index is 12.6. The van der Waals surface area contributed by atoms with Crippen molar-refractivity contribution in [3.63, 3.8) is 0 Å². The summed E-state index contributed by atoms with van der Waals surface area (Å²) in [5, 5.41) is 7.40. The van der Waals surface area contributed by atoms with Gasteiger partial charge in [-0.25, -0.2) is 0 Å². The molecular weight excluding hydrogens is 406 g/mol. The predicted octanol–water partition coefficient (Wildman–Crippen LogP) is 2.88. The fourth-order valence-electron chi connectivity index (χ4n) is 3.56. The quantitative estimate of drug-likeness (QED) is 0.625. The number of halogens is 1. The normalized spacial score (nSPS) is 16.3. The summed E-state index contributed by atoms with van der Waals surface area (Å²) in [5.74, 6) is 0.115. The molecule has 30 heavy (non-hydrogen) atoms. The van der Waals surface area contributed by atoms with Gasteiger partial charge < -0.3 is 19.3 Å². The summed E-state index contributed by atoms with van der Waals surface area (Å²) in [7, 11) is 0. The molecule has 4 rings (SSSR count). The largest absolute Gasteiger partial charge is 0.347 e. The molecule has 1 aliphatic heterocycles. The third-order valence-corrected chi connectivity index (χ3v) is 5.55. The molecule has 3 heterocycles. The number of nitrogens with zero attached hydrogens (tertiary/aromatic N) is 4. The first-order valence-electron chi connectivity index (χ1n) is 9.82. The van der Waals surface area contributed by atoms with E-state index in [-0.39, 0.29) is 24.8 Å². The summed E-state index contributed by atoms with van der Waals surface area (Å²) >= 11 is 6.18. The van der Waals surface area contributed by atoms with Gasteiger partial charge in [0.2, 0.25) is 23.5 Å². The van der Waals surface area contributed by atoms with Crippen LogP contribution in [0.4, 0.5) is 0 Å². The monoisotopic (exact) mass is 427 g/mol. The molecule has 1 saturated heterocycles. The van der Waals surface area contributed by atoms with Crippen LogP contribution in [-0.2, 0) is 29.2 Å². The summed E-state index contributed by atoms with van der Waals surface area (Å²) in [6.45, 7) is 3.70. The lowest BCUT2D eigenvalue weighted by Gasteiger charge is -2.17. The number of benzene rings is 1. The van der Waals surface area contributed by atoms with Gasteiger partial charge in [0.05, 0.1) is 18.2 Å². The lowest BCUT2D eigenvalue weighted by Crippen LogP contribution is -2.32. The second kappa shape index (κ2) is 8.71. The summed E-state index contributed by atoms with van der Waals surface area (Å²) in [6, 6.07) is 11.2. The molecule has 9 heteroatoms. The Morgan fingerprint density at radius 2 is 2.13 bits per heavy atom. The molecular formula is C21H22ClN5O3. The minimum atomic E-state index is -0.417. The van der Waals surface area contributed by atoms with Gasteiger partial charge in [-0.1, -0.05) is 35.0 Å². The minimum Gasteiger partial charge on any atom is -0.347 e. The van der Waals surface area contributed by atoms with E-state index in [1.54, 1.807) is 11.0 Å². The average molecular weight is 428 g/mol. The Bertz CT molecular complexity index is 1060.